The number of amides is 1. The van der Waals surface area contributed by atoms with Crippen molar-refractivity contribution in [1.82, 2.24) is 14.5 Å². The molecular weight excluding hydrogens is 350 g/mol. The van der Waals surface area contributed by atoms with E-state index in [2.05, 4.69) is 5.32 Å². The molecule has 0 saturated carbocycles. The van der Waals surface area contributed by atoms with Crippen molar-refractivity contribution in [3.05, 3.63) is 29.8 Å². The molecule has 1 aromatic rings. The maximum atomic E-state index is 12.7. The fourth-order valence-electron chi connectivity index (χ4n) is 3.83. The predicted octanol–water partition coefficient (Wildman–Crippen LogP) is 1.47. The van der Waals surface area contributed by atoms with Crippen molar-refractivity contribution in [3.8, 4) is 0 Å². The molecule has 0 aromatic heterocycles. The summed E-state index contributed by atoms with van der Waals surface area (Å²) in [6.45, 7) is 3.76. The Balaban J connectivity index is 1.60. The van der Waals surface area contributed by atoms with Crippen molar-refractivity contribution in [1.29, 1.82) is 0 Å². The van der Waals surface area contributed by atoms with Gasteiger partial charge in [-0.1, -0.05) is 18.6 Å². The van der Waals surface area contributed by atoms with Crippen LogP contribution in [0.4, 0.5) is 0 Å². The first kappa shape index (κ1) is 19.3. The van der Waals surface area contributed by atoms with Crippen LogP contribution in [0.1, 0.15) is 31.2 Å². The molecule has 0 aliphatic carbocycles. The number of likely N-dealkylation sites (tertiary alicyclic amines) is 1. The molecule has 1 amide bonds. The molecule has 2 aliphatic rings. The number of carbonyl (C=O) groups excluding carboxylic acids is 1. The van der Waals surface area contributed by atoms with Crippen LogP contribution >= 0.6 is 0 Å². The molecule has 3 rings (SSSR count). The predicted molar refractivity (Wildman–Crippen MR) is 101 cm³/mol. The smallest absolute Gasteiger partial charge is 0.243 e. The number of hydrogen-bond acceptors (Lipinski definition) is 4. The first-order chi connectivity index (χ1) is 12.5. The van der Waals surface area contributed by atoms with Crippen molar-refractivity contribution in [2.24, 2.45) is 5.92 Å². The highest BCUT2D eigenvalue weighted by atomic mass is 32.2. The van der Waals surface area contributed by atoms with E-state index in [9.17, 15) is 13.2 Å². The second-order valence-electron chi connectivity index (χ2n) is 7.34. The van der Waals surface area contributed by atoms with Crippen LogP contribution in [0.25, 0.3) is 0 Å². The minimum Gasteiger partial charge on any atom is -0.342 e. The maximum absolute atomic E-state index is 12.7. The van der Waals surface area contributed by atoms with Gasteiger partial charge in [0.05, 0.1) is 11.3 Å². The molecule has 1 aromatic carbocycles. The van der Waals surface area contributed by atoms with Crippen LogP contribution < -0.4 is 5.32 Å². The summed E-state index contributed by atoms with van der Waals surface area (Å²) in [5.74, 6) is 0.649. The number of hydrogen-bond donors (Lipinski definition) is 1. The zero-order valence-corrected chi connectivity index (χ0v) is 16.3. The van der Waals surface area contributed by atoms with Gasteiger partial charge in [0, 0.05) is 26.2 Å². The molecule has 1 atom stereocenters. The molecule has 6 nitrogen and oxygen atoms in total. The van der Waals surface area contributed by atoms with E-state index in [0.717, 1.165) is 50.9 Å². The monoisotopic (exact) mass is 379 g/mol. The van der Waals surface area contributed by atoms with Gasteiger partial charge in [0.1, 0.15) is 0 Å². The van der Waals surface area contributed by atoms with E-state index < -0.39 is 10.0 Å². The molecule has 2 saturated heterocycles. The van der Waals surface area contributed by atoms with Gasteiger partial charge in [-0.25, -0.2) is 8.42 Å². The summed E-state index contributed by atoms with van der Waals surface area (Å²) in [5, 5.41) is 3.17. The Bertz CT molecular complexity index is 712. The lowest BCUT2D eigenvalue weighted by Gasteiger charge is -2.25. The number of benzene rings is 1. The van der Waals surface area contributed by atoms with Crippen molar-refractivity contribution in [2.75, 3.05) is 39.8 Å². The van der Waals surface area contributed by atoms with Gasteiger partial charge in [0.15, 0.2) is 0 Å². The average molecular weight is 380 g/mol. The molecule has 144 valence electrons. The van der Waals surface area contributed by atoms with Gasteiger partial charge in [-0.05, 0) is 56.5 Å². The first-order valence-electron chi connectivity index (χ1n) is 9.52. The first-order valence-corrected chi connectivity index (χ1v) is 11.0. The number of sulfonamides is 1. The third kappa shape index (κ3) is 4.45. The SMILES string of the molecule is CNCC1CCN(C(=O)Cc2ccc(S(=O)(=O)N3CCCCC3)cc2)C1. The fraction of sp³-hybridized carbons (Fsp3) is 0.632. The van der Waals surface area contributed by atoms with E-state index in [1.165, 1.54) is 0 Å². The standard InChI is InChI=1S/C19H29N3O3S/c1-20-14-17-9-12-21(15-17)19(23)13-16-5-7-18(8-6-16)26(24,25)22-10-3-2-4-11-22/h5-8,17,20H,2-4,9-15H2,1H3. The van der Waals surface area contributed by atoms with Crippen LogP contribution in [0, 0.1) is 5.92 Å². The summed E-state index contributed by atoms with van der Waals surface area (Å²) < 4.78 is 26.9. The molecule has 1 unspecified atom stereocenters. The number of nitrogens with zero attached hydrogens (tertiary/aromatic N) is 2. The van der Waals surface area contributed by atoms with Gasteiger partial charge in [-0.15, -0.1) is 0 Å². The molecule has 0 radical (unpaired) electrons. The second-order valence-corrected chi connectivity index (χ2v) is 9.28. The van der Waals surface area contributed by atoms with Gasteiger partial charge in [0.2, 0.25) is 15.9 Å². The van der Waals surface area contributed by atoms with Crippen LogP contribution in [0.2, 0.25) is 0 Å². The number of rotatable bonds is 6. The van der Waals surface area contributed by atoms with Gasteiger partial charge in [0.25, 0.3) is 0 Å². The van der Waals surface area contributed by atoms with Gasteiger partial charge in [-0.3, -0.25) is 4.79 Å². The van der Waals surface area contributed by atoms with Crippen LogP contribution in [-0.2, 0) is 21.2 Å². The summed E-state index contributed by atoms with van der Waals surface area (Å²) in [5.41, 5.74) is 0.865. The number of piperidine rings is 1. The van der Waals surface area contributed by atoms with E-state index in [1.807, 2.05) is 11.9 Å². The summed E-state index contributed by atoms with van der Waals surface area (Å²) in [6.07, 6.45) is 4.32. The summed E-state index contributed by atoms with van der Waals surface area (Å²) in [6, 6.07) is 6.83. The fourth-order valence-corrected chi connectivity index (χ4v) is 5.35. The Hall–Kier alpha value is -1.44. The van der Waals surface area contributed by atoms with Crippen molar-refractivity contribution in [2.45, 2.75) is 37.0 Å². The zero-order valence-electron chi connectivity index (χ0n) is 15.5. The van der Waals surface area contributed by atoms with Crippen LogP contribution in [-0.4, -0.2) is 63.3 Å². The molecule has 2 aliphatic heterocycles. The minimum absolute atomic E-state index is 0.121. The third-order valence-corrected chi connectivity index (χ3v) is 7.28. The number of nitrogens with one attached hydrogen (secondary N) is 1. The molecule has 0 spiro atoms. The van der Waals surface area contributed by atoms with Crippen molar-refractivity contribution >= 4 is 15.9 Å². The van der Waals surface area contributed by atoms with E-state index in [-0.39, 0.29) is 5.91 Å². The van der Waals surface area contributed by atoms with Crippen LogP contribution in [0.5, 0.6) is 0 Å². The van der Waals surface area contributed by atoms with E-state index in [4.69, 9.17) is 0 Å². The Labute approximate surface area is 156 Å². The highest BCUT2D eigenvalue weighted by Gasteiger charge is 2.27. The van der Waals surface area contributed by atoms with Crippen molar-refractivity contribution < 1.29 is 13.2 Å². The average Bonchev–Trinajstić information content (AvgIpc) is 3.12. The van der Waals surface area contributed by atoms with E-state index in [0.29, 0.717) is 30.3 Å². The van der Waals surface area contributed by atoms with Crippen LogP contribution in [0.3, 0.4) is 0 Å². The number of carbonyl (C=O) groups is 1. The Morgan fingerprint density at radius 2 is 1.81 bits per heavy atom. The quantitative estimate of drug-likeness (QED) is 0.813. The second kappa shape index (κ2) is 8.50. The largest absolute Gasteiger partial charge is 0.342 e. The molecule has 2 heterocycles. The van der Waals surface area contributed by atoms with Gasteiger partial charge < -0.3 is 10.2 Å². The zero-order chi connectivity index (χ0) is 18.6. The Morgan fingerprint density at radius 1 is 1.12 bits per heavy atom. The lowest BCUT2D eigenvalue weighted by atomic mass is 10.1. The topological polar surface area (TPSA) is 69.7 Å². The molecular formula is C19H29N3O3S. The highest BCUT2D eigenvalue weighted by Crippen LogP contribution is 2.22. The third-order valence-electron chi connectivity index (χ3n) is 5.36. The van der Waals surface area contributed by atoms with Crippen molar-refractivity contribution in [3.63, 3.8) is 0 Å². The lowest BCUT2D eigenvalue weighted by Crippen LogP contribution is -2.35. The molecule has 1 N–H and O–H groups in total. The summed E-state index contributed by atoms with van der Waals surface area (Å²) in [4.78, 5) is 14.7. The molecule has 7 heteroatoms. The maximum Gasteiger partial charge on any atom is 0.243 e. The molecule has 26 heavy (non-hydrogen) atoms. The minimum atomic E-state index is -3.41. The van der Waals surface area contributed by atoms with E-state index >= 15 is 0 Å². The molecule has 0 bridgehead atoms. The summed E-state index contributed by atoms with van der Waals surface area (Å²) in [7, 11) is -1.47. The summed E-state index contributed by atoms with van der Waals surface area (Å²) >= 11 is 0. The van der Waals surface area contributed by atoms with Crippen LogP contribution in [0.15, 0.2) is 29.2 Å². The Kier molecular flexibility index (Phi) is 6.32. The Morgan fingerprint density at radius 3 is 2.46 bits per heavy atom. The highest BCUT2D eigenvalue weighted by molar-refractivity contribution is 7.89. The normalized spacial score (nSPS) is 21.9. The lowest BCUT2D eigenvalue weighted by molar-refractivity contribution is -0.129. The van der Waals surface area contributed by atoms with E-state index in [1.54, 1.807) is 28.6 Å². The van der Waals surface area contributed by atoms with Gasteiger partial charge in [-0.2, -0.15) is 4.31 Å². The van der Waals surface area contributed by atoms with Gasteiger partial charge >= 0.3 is 0 Å². The molecule has 2 fully saturated rings.